The number of hydrogen-bond donors (Lipinski definition) is 1. The Morgan fingerprint density at radius 2 is 1.58 bits per heavy atom. The summed E-state index contributed by atoms with van der Waals surface area (Å²) in [5.74, 6) is 0.0952. The summed E-state index contributed by atoms with van der Waals surface area (Å²) in [7, 11) is 0. The molecule has 5 rings (SSSR count). The van der Waals surface area contributed by atoms with Gasteiger partial charge in [-0.05, 0) is 67.2 Å². The van der Waals surface area contributed by atoms with Crippen LogP contribution in [-0.4, -0.2) is 37.7 Å². The first-order valence-corrected chi connectivity index (χ1v) is 11.7. The molecular formula is C26H31NO4. The molecular weight excluding hydrogens is 390 g/mol. The number of alkyl carbamates (subject to hydrolysis) is 1. The van der Waals surface area contributed by atoms with Crippen molar-refractivity contribution in [1.29, 1.82) is 0 Å². The highest BCUT2D eigenvalue weighted by molar-refractivity contribution is 5.79. The zero-order valence-electron chi connectivity index (χ0n) is 17.9. The molecule has 1 heterocycles. The third-order valence-electron chi connectivity index (χ3n) is 6.82. The minimum absolute atomic E-state index is 0.0367. The maximum Gasteiger partial charge on any atom is 0.407 e. The van der Waals surface area contributed by atoms with Crippen molar-refractivity contribution in [3.05, 3.63) is 59.7 Å². The first-order valence-electron chi connectivity index (χ1n) is 11.7. The average molecular weight is 422 g/mol. The largest absolute Gasteiger partial charge is 0.449 e. The summed E-state index contributed by atoms with van der Waals surface area (Å²) in [5.41, 5.74) is 4.96. The fourth-order valence-corrected chi connectivity index (χ4v) is 5.18. The molecule has 31 heavy (non-hydrogen) atoms. The quantitative estimate of drug-likeness (QED) is 0.704. The number of carbonyl (C=O) groups is 1. The summed E-state index contributed by atoms with van der Waals surface area (Å²) >= 11 is 0. The van der Waals surface area contributed by atoms with Crippen LogP contribution in [0.5, 0.6) is 0 Å². The molecule has 1 amide bonds. The van der Waals surface area contributed by atoms with E-state index in [-0.39, 0.29) is 30.4 Å². The lowest BCUT2D eigenvalue weighted by Crippen LogP contribution is -2.40. The fourth-order valence-electron chi connectivity index (χ4n) is 5.18. The molecule has 0 spiro atoms. The van der Waals surface area contributed by atoms with E-state index >= 15 is 0 Å². The summed E-state index contributed by atoms with van der Waals surface area (Å²) in [6.07, 6.45) is 6.94. The van der Waals surface area contributed by atoms with Gasteiger partial charge in [-0.25, -0.2) is 4.79 Å². The molecule has 1 saturated carbocycles. The lowest BCUT2D eigenvalue weighted by Gasteiger charge is -2.32. The summed E-state index contributed by atoms with van der Waals surface area (Å²) in [5, 5.41) is 3.07. The van der Waals surface area contributed by atoms with E-state index in [2.05, 4.69) is 53.8 Å². The van der Waals surface area contributed by atoms with Crippen molar-refractivity contribution in [2.24, 2.45) is 0 Å². The van der Waals surface area contributed by atoms with Crippen molar-refractivity contribution in [1.82, 2.24) is 5.32 Å². The first kappa shape index (κ1) is 20.5. The summed E-state index contributed by atoms with van der Waals surface area (Å²) in [6, 6.07) is 16.9. The van der Waals surface area contributed by atoms with Gasteiger partial charge in [-0.1, -0.05) is 48.5 Å². The van der Waals surface area contributed by atoms with Gasteiger partial charge in [0, 0.05) is 18.6 Å². The van der Waals surface area contributed by atoms with Gasteiger partial charge in [-0.15, -0.1) is 0 Å². The standard InChI is InChI=1S/C26H31NO4/c28-26(27-18-12-14-19(15-13-18)31-25-11-5-6-16-29-25)30-17-24-22-9-3-1-7-20(22)21-8-2-4-10-23(21)24/h1-4,7-10,18-19,24-25H,5-6,11-17H2,(H,27,28)/t18-,19-,25?. The molecule has 1 aliphatic heterocycles. The molecule has 2 aliphatic carbocycles. The Balaban J connectivity index is 1.10. The lowest BCUT2D eigenvalue weighted by molar-refractivity contribution is -0.193. The van der Waals surface area contributed by atoms with Crippen LogP contribution < -0.4 is 5.32 Å². The smallest absolute Gasteiger partial charge is 0.407 e. The van der Waals surface area contributed by atoms with E-state index in [0.717, 1.165) is 45.1 Å². The van der Waals surface area contributed by atoms with E-state index < -0.39 is 0 Å². The van der Waals surface area contributed by atoms with Crippen LogP contribution in [0.3, 0.4) is 0 Å². The highest BCUT2D eigenvalue weighted by Crippen LogP contribution is 2.44. The van der Waals surface area contributed by atoms with Gasteiger partial charge >= 0.3 is 6.09 Å². The van der Waals surface area contributed by atoms with Gasteiger partial charge in [0.2, 0.25) is 0 Å². The van der Waals surface area contributed by atoms with Crippen LogP contribution in [0.1, 0.15) is 62.0 Å². The highest BCUT2D eigenvalue weighted by atomic mass is 16.7. The van der Waals surface area contributed by atoms with Crippen molar-refractivity contribution in [3.63, 3.8) is 0 Å². The van der Waals surface area contributed by atoms with Crippen molar-refractivity contribution < 1.29 is 19.0 Å². The molecule has 1 atom stereocenters. The molecule has 2 aromatic carbocycles. The van der Waals surface area contributed by atoms with Crippen LogP contribution in [0.2, 0.25) is 0 Å². The fraction of sp³-hybridized carbons (Fsp3) is 0.500. The molecule has 0 aromatic heterocycles. The molecule has 164 valence electrons. The molecule has 2 fully saturated rings. The van der Waals surface area contributed by atoms with E-state index in [1.165, 1.54) is 28.7 Å². The van der Waals surface area contributed by atoms with Gasteiger partial charge < -0.3 is 19.5 Å². The second-order valence-electron chi connectivity index (χ2n) is 8.88. The number of hydrogen-bond acceptors (Lipinski definition) is 4. The zero-order chi connectivity index (χ0) is 21.0. The Morgan fingerprint density at radius 3 is 2.23 bits per heavy atom. The third-order valence-corrected chi connectivity index (χ3v) is 6.82. The van der Waals surface area contributed by atoms with Gasteiger partial charge in [0.15, 0.2) is 6.29 Å². The van der Waals surface area contributed by atoms with E-state index in [0.29, 0.717) is 6.61 Å². The minimum atomic E-state index is -0.318. The third kappa shape index (κ3) is 4.63. The highest BCUT2D eigenvalue weighted by Gasteiger charge is 2.30. The molecule has 1 saturated heterocycles. The Labute approximate surface area is 184 Å². The SMILES string of the molecule is O=C(N[C@H]1CC[C@H](OC2CCCCO2)CC1)OCC1c2ccccc2-c2ccccc21. The number of amides is 1. The number of benzene rings is 2. The van der Waals surface area contributed by atoms with E-state index in [1.54, 1.807) is 0 Å². The average Bonchev–Trinajstić information content (AvgIpc) is 3.13. The second-order valence-corrected chi connectivity index (χ2v) is 8.88. The molecule has 5 nitrogen and oxygen atoms in total. The van der Waals surface area contributed by atoms with Crippen LogP contribution in [0, 0.1) is 0 Å². The van der Waals surface area contributed by atoms with E-state index in [4.69, 9.17) is 14.2 Å². The predicted molar refractivity (Wildman–Crippen MR) is 119 cm³/mol. The van der Waals surface area contributed by atoms with Gasteiger partial charge in [0.1, 0.15) is 6.61 Å². The number of ether oxygens (including phenoxy) is 3. The Hall–Kier alpha value is -2.37. The van der Waals surface area contributed by atoms with Crippen molar-refractivity contribution in [2.45, 2.75) is 69.3 Å². The van der Waals surface area contributed by atoms with Crippen LogP contribution in [0.25, 0.3) is 11.1 Å². The normalized spacial score (nSPS) is 25.5. The number of rotatable bonds is 5. The van der Waals surface area contributed by atoms with Gasteiger partial charge in [-0.3, -0.25) is 0 Å². The summed E-state index contributed by atoms with van der Waals surface area (Å²) < 4.78 is 17.5. The van der Waals surface area contributed by atoms with Gasteiger partial charge in [0.25, 0.3) is 0 Å². The first-order chi connectivity index (χ1) is 15.3. The van der Waals surface area contributed by atoms with Gasteiger partial charge in [-0.2, -0.15) is 0 Å². The topological polar surface area (TPSA) is 56.8 Å². The van der Waals surface area contributed by atoms with Gasteiger partial charge in [0.05, 0.1) is 6.10 Å². The van der Waals surface area contributed by atoms with Crippen LogP contribution in [0.4, 0.5) is 4.79 Å². The molecule has 1 unspecified atom stereocenters. The molecule has 2 aromatic rings. The summed E-state index contributed by atoms with van der Waals surface area (Å²) in [4.78, 5) is 12.5. The maximum absolute atomic E-state index is 12.5. The number of fused-ring (bicyclic) bond motifs is 3. The zero-order valence-corrected chi connectivity index (χ0v) is 17.9. The molecule has 3 aliphatic rings. The van der Waals surface area contributed by atoms with Crippen LogP contribution in [0.15, 0.2) is 48.5 Å². The van der Waals surface area contributed by atoms with Crippen molar-refractivity contribution >= 4 is 6.09 Å². The van der Waals surface area contributed by atoms with Crippen molar-refractivity contribution in [2.75, 3.05) is 13.2 Å². The maximum atomic E-state index is 12.5. The number of nitrogens with one attached hydrogen (secondary N) is 1. The van der Waals surface area contributed by atoms with Crippen LogP contribution in [-0.2, 0) is 14.2 Å². The minimum Gasteiger partial charge on any atom is -0.449 e. The van der Waals surface area contributed by atoms with Crippen LogP contribution >= 0.6 is 0 Å². The number of carbonyl (C=O) groups excluding carboxylic acids is 1. The molecule has 5 heteroatoms. The molecule has 0 bridgehead atoms. The Bertz CT molecular complexity index is 854. The Kier molecular flexibility index (Phi) is 6.23. The van der Waals surface area contributed by atoms with E-state index in [1.807, 2.05) is 0 Å². The molecule has 0 radical (unpaired) electrons. The predicted octanol–water partition coefficient (Wildman–Crippen LogP) is 5.38. The molecule has 1 N–H and O–H groups in total. The van der Waals surface area contributed by atoms with E-state index in [9.17, 15) is 4.79 Å². The van der Waals surface area contributed by atoms with Crippen molar-refractivity contribution in [3.8, 4) is 11.1 Å². The second kappa shape index (κ2) is 9.41. The monoisotopic (exact) mass is 421 g/mol. The lowest BCUT2D eigenvalue weighted by atomic mass is 9.93. The summed E-state index contributed by atoms with van der Waals surface area (Å²) in [6.45, 7) is 1.17. The Morgan fingerprint density at radius 1 is 0.903 bits per heavy atom.